The minimum Gasteiger partial charge on any atom is -0.496 e. The Balaban J connectivity index is 1.36. The normalized spacial score (nSPS) is 16.6. The van der Waals surface area contributed by atoms with Gasteiger partial charge in [0.15, 0.2) is 11.3 Å². The monoisotopic (exact) mass is 577 g/mol. The summed E-state index contributed by atoms with van der Waals surface area (Å²) in [5, 5.41) is 12.1. The van der Waals surface area contributed by atoms with Crippen LogP contribution in [0.1, 0.15) is 28.7 Å². The van der Waals surface area contributed by atoms with Crippen molar-refractivity contribution in [1.82, 2.24) is 25.2 Å². The minimum atomic E-state index is -1.35. The van der Waals surface area contributed by atoms with Crippen LogP contribution in [0.2, 0.25) is 0 Å². The van der Waals surface area contributed by atoms with E-state index in [2.05, 4.69) is 15.6 Å². The lowest BCUT2D eigenvalue weighted by atomic mass is 9.98. The van der Waals surface area contributed by atoms with Gasteiger partial charge < -0.3 is 33.6 Å². The molecule has 0 radical (unpaired) electrons. The molecular formula is C30H35N5O7. The molecule has 2 aromatic carbocycles. The molecule has 5 rings (SSSR count). The number of methoxy groups -OCH3 is 2. The van der Waals surface area contributed by atoms with Crippen molar-refractivity contribution in [2.24, 2.45) is 0 Å². The Kier molecular flexibility index (Phi) is 9.03. The summed E-state index contributed by atoms with van der Waals surface area (Å²) in [5.41, 5.74) is 0.666. The summed E-state index contributed by atoms with van der Waals surface area (Å²) < 4.78 is 29.7. The summed E-state index contributed by atoms with van der Waals surface area (Å²) in [7, 11) is 3.20. The topological polar surface area (TPSA) is 130 Å². The molecule has 1 atom stereocenters. The number of benzene rings is 2. The van der Waals surface area contributed by atoms with Crippen LogP contribution in [0.5, 0.6) is 11.5 Å². The van der Waals surface area contributed by atoms with Crippen molar-refractivity contribution in [2.45, 2.75) is 32.0 Å². The van der Waals surface area contributed by atoms with E-state index < -0.39 is 11.4 Å². The predicted octanol–water partition coefficient (Wildman–Crippen LogP) is 2.85. The highest BCUT2D eigenvalue weighted by Gasteiger charge is 2.47. The molecule has 222 valence electrons. The highest BCUT2D eigenvalue weighted by atomic mass is 16.5. The molecule has 0 aliphatic carbocycles. The Hall–Kier alpha value is -4.42. The van der Waals surface area contributed by atoms with Gasteiger partial charge in [-0.3, -0.25) is 9.59 Å². The highest BCUT2D eigenvalue weighted by molar-refractivity contribution is 6.04. The Morgan fingerprint density at radius 2 is 1.88 bits per heavy atom. The van der Waals surface area contributed by atoms with E-state index in [-0.39, 0.29) is 31.4 Å². The van der Waals surface area contributed by atoms with Crippen LogP contribution in [0.15, 0.2) is 59.1 Å². The summed E-state index contributed by atoms with van der Waals surface area (Å²) in [5.74, 6) is 0.252. The number of carbonyl (C=O) groups excluding carboxylic acids is 2. The number of fused-ring (bicyclic) bond motifs is 3. The number of carbonyl (C=O) groups is 2. The molecule has 1 N–H and O–H groups in total. The third kappa shape index (κ3) is 6.09. The zero-order chi connectivity index (χ0) is 29.5. The van der Waals surface area contributed by atoms with Gasteiger partial charge in [0.1, 0.15) is 17.9 Å². The first-order valence-corrected chi connectivity index (χ1v) is 13.8. The molecule has 1 aliphatic heterocycles. The maximum absolute atomic E-state index is 14.0. The van der Waals surface area contributed by atoms with E-state index in [4.69, 9.17) is 23.4 Å². The first-order valence-electron chi connectivity index (χ1n) is 13.8. The molecule has 42 heavy (non-hydrogen) atoms. The highest BCUT2D eigenvalue weighted by Crippen LogP contribution is 2.38. The SMILES string of the molecule is COCCOCCn1cc(CCN2C(=O)c3oc4ccccc4c3OC[C@@]2(C)C(=O)NCc2ccccc2OC)nn1. The lowest BCUT2D eigenvalue weighted by Gasteiger charge is -2.37. The van der Waals surface area contributed by atoms with Crippen molar-refractivity contribution in [3.8, 4) is 11.5 Å². The fourth-order valence-corrected chi connectivity index (χ4v) is 4.89. The summed E-state index contributed by atoms with van der Waals surface area (Å²) in [6.45, 7) is 4.04. The number of nitrogens with one attached hydrogen (secondary N) is 1. The number of hydrogen-bond donors (Lipinski definition) is 1. The second kappa shape index (κ2) is 13.0. The van der Waals surface area contributed by atoms with E-state index in [9.17, 15) is 9.59 Å². The van der Waals surface area contributed by atoms with Crippen LogP contribution in [0, 0.1) is 0 Å². The van der Waals surface area contributed by atoms with Crippen molar-refractivity contribution in [1.29, 1.82) is 0 Å². The van der Waals surface area contributed by atoms with Crippen molar-refractivity contribution >= 4 is 22.8 Å². The third-order valence-corrected chi connectivity index (χ3v) is 7.28. The van der Waals surface area contributed by atoms with E-state index in [1.807, 2.05) is 48.7 Å². The molecule has 4 aromatic rings. The summed E-state index contributed by atoms with van der Waals surface area (Å²) in [6, 6.07) is 14.7. The van der Waals surface area contributed by atoms with Gasteiger partial charge in [-0.25, -0.2) is 4.68 Å². The number of amides is 2. The van der Waals surface area contributed by atoms with Gasteiger partial charge in [-0.1, -0.05) is 35.5 Å². The maximum atomic E-state index is 14.0. The lowest BCUT2D eigenvalue weighted by molar-refractivity contribution is -0.133. The van der Waals surface area contributed by atoms with Crippen molar-refractivity contribution in [2.75, 3.05) is 47.2 Å². The van der Waals surface area contributed by atoms with Crippen LogP contribution < -0.4 is 14.8 Å². The third-order valence-electron chi connectivity index (χ3n) is 7.28. The average Bonchev–Trinajstić information content (AvgIpc) is 3.60. The van der Waals surface area contributed by atoms with Gasteiger partial charge >= 0.3 is 0 Å². The first-order chi connectivity index (χ1) is 20.4. The Labute approximate surface area is 243 Å². The summed E-state index contributed by atoms with van der Waals surface area (Å²) in [6.07, 6.45) is 2.17. The first kappa shape index (κ1) is 29.1. The number of para-hydroxylation sites is 2. The summed E-state index contributed by atoms with van der Waals surface area (Å²) in [4.78, 5) is 29.4. The largest absolute Gasteiger partial charge is 0.496 e. The zero-order valence-electron chi connectivity index (χ0n) is 24.0. The van der Waals surface area contributed by atoms with Gasteiger partial charge in [-0.05, 0) is 25.1 Å². The van der Waals surface area contributed by atoms with E-state index in [1.165, 1.54) is 4.90 Å². The van der Waals surface area contributed by atoms with Gasteiger partial charge in [-0.2, -0.15) is 0 Å². The number of nitrogens with zero attached hydrogens (tertiary/aromatic N) is 4. The van der Waals surface area contributed by atoms with Gasteiger partial charge in [0, 0.05) is 38.4 Å². The molecular weight excluding hydrogens is 542 g/mol. The van der Waals surface area contributed by atoms with Crippen LogP contribution in [0.4, 0.5) is 0 Å². The molecule has 0 bridgehead atoms. The van der Waals surface area contributed by atoms with E-state index in [0.717, 1.165) is 5.56 Å². The molecule has 0 fully saturated rings. The Bertz CT molecular complexity index is 1530. The smallest absolute Gasteiger partial charge is 0.294 e. The molecule has 0 spiro atoms. The van der Waals surface area contributed by atoms with Gasteiger partial charge in [0.25, 0.3) is 5.91 Å². The molecule has 2 amide bonds. The fourth-order valence-electron chi connectivity index (χ4n) is 4.89. The van der Waals surface area contributed by atoms with Gasteiger partial charge in [0.05, 0.1) is 44.6 Å². The minimum absolute atomic E-state index is 0.0642. The van der Waals surface area contributed by atoms with Crippen LogP contribution in [0.3, 0.4) is 0 Å². The molecule has 0 unspecified atom stereocenters. The van der Waals surface area contributed by atoms with E-state index >= 15 is 0 Å². The maximum Gasteiger partial charge on any atom is 0.294 e. The lowest BCUT2D eigenvalue weighted by Crippen LogP contribution is -2.61. The van der Waals surface area contributed by atoms with Crippen LogP contribution >= 0.6 is 0 Å². The van der Waals surface area contributed by atoms with Crippen molar-refractivity contribution < 1.29 is 33.0 Å². The molecule has 12 heteroatoms. The number of hydrogen-bond acceptors (Lipinski definition) is 9. The second-order valence-corrected chi connectivity index (χ2v) is 10.1. The van der Waals surface area contributed by atoms with Crippen molar-refractivity contribution in [3.63, 3.8) is 0 Å². The molecule has 2 aromatic heterocycles. The molecule has 1 aliphatic rings. The van der Waals surface area contributed by atoms with E-state index in [0.29, 0.717) is 60.9 Å². The van der Waals surface area contributed by atoms with Crippen LogP contribution in [-0.4, -0.2) is 84.4 Å². The number of ether oxygens (including phenoxy) is 4. The number of furan rings is 1. The number of rotatable bonds is 13. The van der Waals surface area contributed by atoms with Gasteiger partial charge in [0.2, 0.25) is 11.7 Å². The molecule has 12 nitrogen and oxygen atoms in total. The second-order valence-electron chi connectivity index (χ2n) is 10.1. The standard InChI is InChI=1S/C30H35N5O7/c1-30(29(37)31-18-21-8-4-6-10-24(21)39-3)20-41-26-23-9-5-7-11-25(23)42-27(26)28(36)35(30)13-12-22-19-34(33-32-22)14-15-40-17-16-38-2/h4-11,19H,12-18,20H2,1-3H3,(H,31,37)/t30-/m0/s1. The Morgan fingerprint density at radius 1 is 1.07 bits per heavy atom. The van der Waals surface area contributed by atoms with Crippen LogP contribution in [0.25, 0.3) is 11.0 Å². The average molecular weight is 578 g/mol. The van der Waals surface area contributed by atoms with Crippen molar-refractivity contribution in [3.05, 3.63) is 71.7 Å². The van der Waals surface area contributed by atoms with E-state index in [1.54, 1.807) is 31.9 Å². The quantitative estimate of drug-likeness (QED) is 0.238. The Morgan fingerprint density at radius 3 is 2.71 bits per heavy atom. The van der Waals surface area contributed by atoms with Gasteiger partial charge in [-0.15, -0.1) is 5.10 Å². The molecule has 0 saturated heterocycles. The molecule has 0 saturated carbocycles. The predicted molar refractivity (Wildman–Crippen MR) is 152 cm³/mol. The molecule has 3 heterocycles. The number of aromatic nitrogens is 3. The zero-order valence-corrected chi connectivity index (χ0v) is 24.0. The summed E-state index contributed by atoms with van der Waals surface area (Å²) >= 11 is 0. The van der Waals surface area contributed by atoms with Crippen LogP contribution in [-0.2, 0) is 33.8 Å². The fraction of sp³-hybridized carbons (Fsp3) is 0.400.